The lowest BCUT2D eigenvalue weighted by molar-refractivity contribution is 0.293. The molecule has 0 aliphatic heterocycles. The summed E-state index contributed by atoms with van der Waals surface area (Å²) in [7, 11) is 0. The van der Waals surface area contributed by atoms with Crippen molar-refractivity contribution in [2.24, 2.45) is 0 Å². The molecule has 0 aliphatic carbocycles. The van der Waals surface area contributed by atoms with E-state index in [-0.39, 0.29) is 5.75 Å². The molecule has 0 amide bonds. The van der Waals surface area contributed by atoms with Crippen LogP contribution in [0.5, 0.6) is 5.75 Å². The Bertz CT molecular complexity index is 318. The molecule has 16 heavy (non-hydrogen) atoms. The SMILES string of the molecule is CCSCCCCOc1ccc(F)cc1F. The third-order valence-electron chi connectivity index (χ3n) is 2.04. The lowest BCUT2D eigenvalue weighted by Crippen LogP contribution is -2.00. The van der Waals surface area contributed by atoms with Gasteiger partial charge >= 0.3 is 0 Å². The minimum absolute atomic E-state index is 0.129. The van der Waals surface area contributed by atoms with Crippen molar-refractivity contribution in [2.45, 2.75) is 19.8 Å². The molecule has 0 saturated heterocycles. The Labute approximate surface area is 99.2 Å². The predicted molar refractivity (Wildman–Crippen MR) is 64.1 cm³/mol. The van der Waals surface area contributed by atoms with Crippen molar-refractivity contribution in [3.8, 4) is 5.75 Å². The van der Waals surface area contributed by atoms with Crippen molar-refractivity contribution in [3.05, 3.63) is 29.8 Å². The largest absolute Gasteiger partial charge is 0.491 e. The number of benzene rings is 1. The van der Waals surface area contributed by atoms with Crippen LogP contribution in [0.2, 0.25) is 0 Å². The maximum Gasteiger partial charge on any atom is 0.167 e. The second kappa shape index (κ2) is 7.49. The minimum atomic E-state index is -0.636. The molecule has 0 saturated carbocycles. The van der Waals surface area contributed by atoms with Gasteiger partial charge in [0, 0.05) is 6.07 Å². The van der Waals surface area contributed by atoms with Crippen LogP contribution in [0.3, 0.4) is 0 Å². The summed E-state index contributed by atoms with van der Waals surface area (Å²) >= 11 is 1.88. The van der Waals surface area contributed by atoms with Gasteiger partial charge in [0.15, 0.2) is 11.6 Å². The molecule has 0 fully saturated rings. The summed E-state index contributed by atoms with van der Waals surface area (Å²) in [5, 5.41) is 0. The van der Waals surface area contributed by atoms with Crippen LogP contribution in [-0.4, -0.2) is 18.1 Å². The summed E-state index contributed by atoms with van der Waals surface area (Å²) in [6.45, 7) is 2.60. The summed E-state index contributed by atoms with van der Waals surface area (Å²) in [5.74, 6) is 1.14. The Morgan fingerprint density at radius 2 is 2.06 bits per heavy atom. The van der Waals surface area contributed by atoms with E-state index in [0.29, 0.717) is 6.61 Å². The number of unbranched alkanes of at least 4 members (excludes halogenated alkanes) is 1. The molecule has 1 aromatic rings. The summed E-state index contributed by atoms with van der Waals surface area (Å²) in [5.41, 5.74) is 0. The second-order valence-corrected chi connectivity index (χ2v) is 4.72. The average Bonchev–Trinajstić information content (AvgIpc) is 2.26. The van der Waals surface area contributed by atoms with E-state index in [1.165, 1.54) is 12.1 Å². The number of hydrogen-bond donors (Lipinski definition) is 0. The Morgan fingerprint density at radius 3 is 2.75 bits per heavy atom. The van der Waals surface area contributed by atoms with Crippen LogP contribution >= 0.6 is 11.8 Å². The van der Waals surface area contributed by atoms with Crippen LogP contribution in [0, 0.1) is 11.6 Å². The Kier molecular flexibility index (Phi) is 6.23. The number of ether oxygens (including phenoxy) is 1. The van der Waals surface area contributed by atoms with E-state index in [1.807, 2.05) is 11.8 Å². The average molecular weight is 246 g/mol. The maximum atomic E-state index is 13.1. The van der Waals surface area contributed by atoms with Gasteiger partial charge in [-0.2, -0.15) is 11.8 Å². The number of thioether (sulfide) groups is 1. The van der Waals surface area contributed by atoms with E-state index in [4.69, 9.17) is 4.74 Å². The molecule has 1 aromatic carbocycles. The molecule has 0 aliphatic rings. The smallest absolute Gasteiger partial charge is 0.167 e. The normalized spacial score (nSPS) is 10.4. The molecular formula is C12H16F2OS. The van der Waals surface area contributed by atoms with Gasteiger partial charge in [0.2, 0.25) is 0 Å². The highest BCUT2D eigenvalue weighted by atomic mass is 32.2. The van der Waals surface area contributed by atoms with Crippen molar-refractivity contribution < 1.29 is 13.5 Å². The highest BCUT2D eigenvalue weighted by Crippen LogP contribution is 2.17. The van der Waals surface area contributed by atoms with E-state index >= 15 is 0 Å². The fraction of sp³-hybridized carbons (Fsp3) is 0.500. The van der Waals surface area contributed by atoms with Crippen LogP contribution in [0.15, 0.2) is 18.2 Å². The topological polar surface area (TPSA) is 9.23 Å². The van der Waals surface area contributed by atoms with E-state index in [1.54, 1.807) is 0 Å². The second-order valence-electron chi connectivity index (χ2n) is 3.33. The molecule has 0 N–H and O–H groups in total. The first-order valence-electron chi connectivity index (χ1n) is 5.39. The first-order chi connectivity index (χ1) is 7.74. The van der Waals surface area contributed by atoms with Crippen LogP contribution in [0.1, 0.15) is 19.8 Å². The van der Waals surface area contributed by atoms with Crippen LogP contribution in [0.4, 0.5) is 8.78 Å². The first-order valence-corrected chi connectivity index (χ1v) is 6.55. The van der Waals surface area contributed by atoms with Crippen molar-refractivity contribution in [1.82, 2.24) is 0 Å². The first kappa shape index (κ1) is 13.3. The molecular weight excluding hydrogens is 230 g/mol. The van der Waals surface area contributed by atoms with E-state index in [9.17, 15) is 8.78 Å². The highest BCUT2D eigenvalue weighted by molar-refractivity contribution is 7.99. The van der Waals surface area contributed by atoms with Gasteiger partial charge in [-0.15, -0.1) is 0 Å². The summed E-state index contributed by atoms with van der Waals surface area (Å²) in [6.07, 6.45) is 1.95. The van der Waals surface area contributed by atoms with Crippen LogP contribution < -0.4 is 4.74 Å². The third kappa shape index (κ3) is 4.84. The molecule has 0 aromatic heterocycles. The monoisotopic (exact) mass is 246 g/mol. The molecule has 0 heterocycles. The number of hydrogen-bond acceptors (Lipinski definition) is 2. The Hall–Kier alpha value is -0.770. The lowest BCUT2D eigenvalue weighted by atomic mass is 10.3. The zero-order chi connectivity index (χ0) is 11.8. The lowest BCUT2D eigenvalue weighted by Gasteiger charge is -2.06. The van der Waals surface area contributed by atoms with Crippen molar-refractivity contribution in [3.63, 3.8) is 0 Å². The van der Waals surface area contributed by atoms with Gasteiger partial charge in [0.25, 0.3) is 0 Å². The van der Waals surface area contributed by atoms with Crippen molar-refractivity contribution in [2.75, 3.05) is 18.1 Å². The zero-order valence-electron chi connectivity index (χ0n) is 9.34. The third-order valence-corrected chi connectivity index (χ3v) is 3.02. The van der Waals surface area contributed by atoms with Gasteiger partial charge in [-0.1, -0.05) is 6.92 Å². The summed E-state index contributed by atoms with van der Waals surface area (Å²) < 4.78 is 30.9. The van der Waals surface area contributed by atoms with Gasteiger partial charge in [-0.25, -0.2) is 8.78 Å². The molecule has 1 nitrogen and oxygen atoms in total. The van der Waals surface area contributed by atoms with E-state index in [0.717, 1.165) is 30.4 Å². The molecule has 0 unspecified atom stereocenters. The van der Waals surface area contributed by atoms with Gasteiger partial charge < -0.3 is 4.74 Å². The van der Waals surface area contributed by atoms with Gasteiger partial charge in [0.05, 0.1) is 6.61 Å². The molecule has 0 atom stereocenters. The van der Waals surface area contributed by atoms with Crippen molar-refractivity contribution >= 4 is 11.8 Å². The fourth-order valence-corrected chi connectivity index (χ4v) is 1.92. The summed E-state index contributed by atoms with van der Waals surface area (Å²) in [6, 6.07) is 3.36. The van der Waals surface area contributed by atoms with Crippen LogP contribution in [-0.2, 0) is 0 Å². The molecule has 0 bridgehead atoms. The molecule has 90 valence electrons. The van der Waals surface area contributed by atoms with Crippen LogP contribution in [0.25, 0.3) is 0 Å². The standard InChI is InChI=1S/C12H16F2OS/c1-2-16-8-4-3-7-15-12-6-5-10(13)9-11(12)14/h5-6,9H,2-4,7-8H2,1H3. The van der Waals surface area contributed by atoms with Gasteiger partial charge in [-0.3, -0.25) is 0 Å². The minimum Gasteiger partial charge on any atom is -0.491 e. The number of halogens is 2. The van der Waals surface area contributed by atoms with Crippen molar-refractivity contribution in [1.29, 1.82) is 0 Å². The quantitative estimate of drug-likeness (QED) is 0.675. The van der Waals surface area contributed by atoms with E-state index in [2.05, 4.69) is 6.92 Å². The fourth-order valence-electron chi connectivity index (χ4n) is 1.22. The van der Waals surface area contributed by atoms with Gasteiger partial charge in [0.1, 0.15) is 5.82 Å². The van der Waals surface area contributed by atoms with Gasteiger partial charge in [-0.05, 0) is 36.5 Å². The Balaban J connectivity index is 2.21. The predicted octanol–water partition coefficient (Wildman–Crippen LogP) is 3.88. The summed E-state index contributed by atoms with van der Waals surface area (Å²) in [4.78, 5) is 0. The number of rotatable bonds is 7. The zero-order valence-corrected chi connectivity index (χ0v) is 10.2. The van der Waals surface area contributed by atoms with E-state index < -0.39 is 11.6 Å². The maximum absolute atomic E-state index is 13.1. The molecule has 0 radical (unpaired) electrons. The highest BCUT2D eigenvalue weighted by Gasteiger charge is 2.03. The molecule has 0 spiro atoms. The Morgan fingerprint density at radius 1 is 1.25 bits per heavy atom. The molecule has 4 heteroatoms. The molecule has 1 rings (SSSR count).